The van der Waals surface area contributed by atoms with E-state index in [9.17, 15) is 23.6 Å². The molecule has 3 atom stereocenters. The summed E-state index contributed by atoms with van der Waals surface area (Å²) >= 11 is 0. The average molecular weight is 512 g/mol. The van der Waals surface area contributed by atoms with E-state index in [4.69, 9.17) is 0 Å². The van der Waals surface area contributed by atoms with Crippen molar-refractivity contribution in [3.8, 4) is 0 Å². The second-order valence-electron chi connectivity index (χ2n) is 10.3. The zero-order valence-electron chi connectivity index (χ0n) is 21.1. The summed E-state index contributed by atoms with van der Waals surface area (Å²) in [4.78, 5) is 54.7. The molecule has 1 aliphatic heterocycles. The van der Waals surface area contributed by atoms with Crippen LogP contribution < -0.4 is 5.32 Å². The van der Waals surface area contributed by atoms with Crippen LogP contribution in [0.5, 0.6) is 0 Å². The molecule has 2 aromatic rings. The molecule has 0 bridgehead atoms. The van der Waals surface area contributed by atoms with Crippen LogP contribution in [-0.4, -0.2) is 59.5 Å². The highest BCUT2D eigenvalue weighted by molar-refractivity contribution is 6.00. The number of carbonyl (C=O) groups excluding carboxylic acids is 4. The van der Waals surface area contributed by atoms with Crippen LogP contribution in [0.15, 0.2) is 42.5 Å². The molecule has 0 unspecified atom stereocenters. The van der Waals surface area contributed by atoms with Gasteiger partial charge in [-0.2, -0.15) is 0 Å². The van der Waals surface area contributed by atoms with E-state index in [1.807, 2.05) is 38.1 Å². The number of aldehydes is 1. The Kier molecular flexibility index (Phi) is 7.71. The predicted octanol–water partition coefficient (Wildman–Crippen LogP) is 2.82. The second-order valence-corrected chi connectivity index (χ2v) is 10.3. The number of benzene rings is 2. The number of fused-ring (bicyclic) bond motifs is 1. The fourth-order valence-electron chi connectivity index (χ4n) is 5.41. The summed E-state index contributed by atoms with van der Waals surface area (Å²) in [5.41, 5.74) is 1.95. The number of nitrogens with one attached hydrogen (secondary N) is 1. The average Bonchev–Trinajstić information content (AvgIpc) is 3.28. The van der Waals surface area contributed by atoms with Gasteiger partial charge in [-0.3, -0.25) is 14.4 Å². The summed E-state index contributed by atoms with van der Waals surface area (Å²) in [7, 11) is 1.36. The van der Waals surface area contributed by atoms with Crippen LogP contribution in [0.25, 0.3) is 0 Å². The maximum absolute atomic E-state index is 15.1. The summed E-state index contributed by atoms with van der Waals surface area (Å²) in [5.74, 6) is -3.76. The van der Waals surface area contributed by atoms with Gasteiger partial charge in [-0.1, -0.05) is 44.2 Å². The maximum Gasteiger partial charge on any atom is 0.250 e. The number of hydrogen-bond donors (Lipinski definition) is 1. The first-order valence-electron chi connectivity index (χ1n) is 12.4. The number of likely N-dealkylation sites (N-methyl/N-ethyl adjacent to an activating group) is 1. The van der Waals surface area contributed by atoms with Gasteiger partial charge in [0.15, 0.2) is 0 Å². The quantitative estimate of drug-likeness (QED) is 0.553. The Bertz CT molecular complexity index is 1190. The van der Waals surface area contributed by atoms with Crippen molar-refractivity contribution in [2.45, 2.75) is 51.2 Å². The van der Waals surface area contributed by atoms with Gasteiger partial charge in [0, 0.05) is 18.7 Å². The van der Waals surface area contributed by atoms with Crippen molar-refractivity contribution in [3.05, 3.63) is 70.8 Å². The van der Waals surface area contributed by atoms with E-state index in [1.165, 1.54) is 11.9 Å². The molecule has 37 heavy (non-hydrogen) atoms. The Labute approximate surface area is 214 Å². The van der Waals surface area contributed by atoms with E-state index in [2.05, 4.69) is 5.32 Å². The van der Waals surface area contributed by atoms with Crippen molar-refractivity contribution in [1.29, 1.82) is 0 Å². The van der Waals surface area contributed by atoms with Gasteiger partial charge in [-0.05, 0) is 48.3 Å². The maximum atomic E-state index is 15.1. The van der Waals surface area contributed by atoms with Crippen LogP contribution >= 0.6 is 0 Å². The Hall–Kier alpha value is -3.62. The number of hydrogen-bond acceptors (Lipinski definition) is 4. The van der Waals surface area contributed by atoms with Gasteiger partial charge in [0.25, 0.3) is 0 Å². The first kappa shape index (κ1) is 26.4. The zero-order valence-corrected chi connectivity index (χ0v) is 21.1. The molecule has 1 N–H and O–H groups in total. The Morgan fingerprint density at radius 1 is 1.14 bits per heavy atom. The molecule has 0 saturated carbocycles. The topological polar surface area (TPSA) is 86.8 Å². The second kappa shape index (κ2) is 10.8. The minimum atomic E-state index is -1.54. The summed E-state index contributed by atoms with van der Waals surface area (Å²) in [5, 5.41) is 2.89. The lowest BCUT2D eigenvalue weighted by atomic mass is 9.87. The molecule has 0 aromatic heterocycles. The lowest BCUT2D eigenvalue weighted by Crippen LogP contribution is -2.67. The van der Waals surface area contributed by atoms with E-state index in [-0.39, 0.29) is 30.4 Å². The van der Waals surface area contributed by atoms with Crippen LogP contribution in [-0.2, 0) is 32.0 Å². The Morgan fingerprint density at radius 3 is 2.35 bits per heavy atom. The third kappa shape index (κ3) is 5.26. The normalized spacial score (nSPS) is 20.5. The highest BCUT2D eigenvalue weighted by Crippen LogP contribution is 2.36. The van der Waals surface area contributed by atoms with Crippen LogP contribution in [0.1, 0.15) is 43.0 Å². The largest absolute Gasteiger partial charge is 0.342 e. The molecule has 2 aliphatic rings. The van der Waals surface area contributed by atoms with Crippen molar-refractivity contribution in [2.75, 3.05) is 13.6 Å². The molecule has 0 radical (unpaired) electrons. The number of rotatable bonds is 8. The molecule has 0 spiro atoms. The van der Waals surface area contributed by atoms with Gasteiger partial charge in [-0.25, -0.2) is 8.78 Å². The molecule has 7 nitrogen and oxygen atoms in total. The third-order valence-electron chi connectivity index (χ3n) is 7.20. The lowest BCUT2D eigenvalue weighted by Gasteiger charge is -2.45. The van der Waals surface area contributed by atoms with Crippen molar-refractivity contribution >= 4 is 24.0 Å². The molecule has 3 amide bonds. The van der Waals surface area contributed by atoms with Crippen molar-refractivity contribution in [3.63, 3.8) is 0 Å². The van der Waals surface area contributed by atoms with Crippen molar-refractivity contribution < 1.29 is 28.0 Å². The van der Waals surface area contributed by atoms with Crippen LogP contribution in [0, 0.1) is 23.5 Å². The minimum absolute atomic E-state index is 0.0279. The van der Waals surface area contributed by atoms with Gasteiger partial charge in [0.2, 0.25) is 17.7 Å². The summed E-state index contributed by atoms with van der Waals surface area (Å²) < 4.78 is 28.9. The Morgan fingerprint density at radius 2 is 1.78 bits per heavy atom. The lowest BCUT2D eigenvalue weighted by molar-refractivity contribution is -0.160. The van der Waals surface area contributed by atoms with Crippen LogP contribution in [0.4, 0.5) is 8.78 Å². The number of nitrogens with zero attached hydrogens (tertiary/aromatic N) is 2. The molecule has 2 aromatic carbocycles. The van der Waals surface area contributed by atoms with E-state index < -0.39 is 47.5 Å². The number of halogens is 2. The Balaban J connectivity index is 1.80. The van der Waals surface area contributed by atoms with Gasteiger partial charge in [0.05, 0.1) is 6.54 Å². The molecule has 1 aliphatic carbocycles. The number of piperazine rings is 1. The van der Waals surface area contributed by atoms with Gasteiger partial charge >= 0.3 is 0 Å². The monoisotopic (exact) mass is 511 g/mol. The fourth-order valence-corrected chi connectivity index (χ4v) is 5.41. The summed E-state index contributed by atoms with van der Waals surface area (Å²) in [6, 6.07) is 7.07. The highest BCUT2D eigenvalue weighted by atomic mass is 19.1. The SMILES string of the molecule is CC(C)C[C@@H]1C(=O)N[C@H](C2Cc3ccccc3C2)C(=O)N1[C@@H](C(=O)N(C)CC=O)c1ccc(F)cc1F. The van der Waals surface area contributed by atoms with Gasteiger partial charge in [-0.15, -0.1) is 0 Å². The molecule has 9 heteroatoms. The summed E-state index contributed by atoms with van der Waals surface area (Å²) in [6.07, 6.45) is 1.90. The summed E-state index contributed by atoms with van der Waals surface area (Å²) in [6.45, 7) is 3.47. The first-order valence-corrected chi connectivity index (χ1v) is 12.4. The molecule has 196 valence electrons. The number of carbonyl (C=O) groups is 4. The van der Waals surface area contributed by atoms with Crippen LogP contribution in [0.3, 0.4) is 0 Å². The van der Waals surface area contributed by atoms with Gasteiger partial charge < -0.3 is 19.9 Å². The fraction of sp³-hybridized carbons (Fsp3) is 0.429. The van der Waals surface area contributed by atoms with E-state index >= 15 is 4.39 Å². The van der Waals surface area contributed by atoms with E-state index in [0.29, 0.717) is 25.2 Å². The molecule has 1 saturated heterocycles. The van der Waals surface area contributed by atoms with Crippen molar-refractivity contribution in [1.82, 2.24) is 15.1 Å². The van der Waals surface area contributed by atoms with E-state index in [0.717, 1.165) is 28.2 Å². The number of amides is 3. The minimum Gasteiger partial charge on any atom is -0.342 e. The molecule has 4 rings (SSSR count). The predicted molar refractivity (Wildman–Crippen MR) is 132 cm³/mol. The molecular formula is C28H31F2N3O4. The van der Waals surface area contributed by atoms with Crippen molar-refractivity contribution in [2.24, 2.45) is 11.8 Å². The smallest absolute Gasteiger partial charge is 0.250 e. The van der Waals surface area contributed by atoms with Gasteiger partial charge in [0.1, 0.15) is 36.0 Å². The molecular weight excluding hydrogens is 480 g/mol. The van der Waals surface area contributed by atoms with E-state index in [1.54, 1.807) is 0 Å². The highest BCUT2D eigenvalue weighted by Gasteiger charge is 2.50. The zero-order chi connectivity index (χ0) is 26.9. The molecule has 1 fully saturated rings. The third-order valence-corrected chi connectivity index (χ3v) is 7.20. The standard InChI is InChI=1S/C28H31F2N3O4/c1-16(2)12-23-26(35)31-24(19-13-17-6-4-5-7-18(17)14-19)27(36)33(23)25(28(37)32(3)10-11-34)21-9-8-20(29)15-22(21)30/h4-9,11,15-16,19,23-25H,10,12-14H2,1-3H3,(H,31,35)/t23-,24-,25-/m1/s1. The van der Waals surface area contributed by atoms with Crippen LogP contribution in [0.2, 0.25) is 0 Å². The molecule has 1 heterocycles. The first-order chi connectivity index (χ1) is 17.6.